The average Bonchev–Trinajstić information content (AvgIpc) is 2.91. The van der Waals surface area contributed by atoms with Crippen LogP contribution in [0.3, 0.4) is 0 Å². The van der Waals surface area contributed by atoms with Crippen molar-refractivity contribution in [3.8, 4) is 5.75 Å². The summed E-state index contributed by atoms with van der Waals surface area (Å²) in [5.41, 5.74) is 0.857. The summed E-state index contributed by atoms with van der Waals surface area (Å²) in [4.78, 5) is 27.6. The van der Waals surface area contributed by atoms with Crippen LogP contribution in [0.5, 0.6) is 5.75 Å². The first-order chi connectivity index (χ1) is 17.6. The molecule has 3 aromatic rings. The maximum atomic E-state index is 13.7. The molecule has 0 aliphatic carbocycles. The van der Waals surface area contributed by atoms with E-state index < -0.39 is 34.4 Å². The number of sulfonamides is 1. The van der Waals surface area contributed by atoms with Gasteiger partial charge in [-0.25, -0.2) is 8.42 Å². The quantitative estimate of drug-likeness (QED) is 0.395. The number of benzene rings is 3. The summed E-state index contributed by atoms with van der Waals surface area (Å²) < 4.78 is 33.7. The van der Waals surface area contributed by atoms with E-state index in [-0.39, 0.29) is 17.1 Å². The van der Waals surface area contributed by atoms with E-state index >= 15 is 0 Å². The van der Waals surface area contributed by atoms with Crippen LogP contribution in [0, 0.1) is 0 Å². The standard InChI is InChI=1S/C26H27Cl2N3O5S/c1-18(26(33)29-2)30(16-19-12-13-23(27)24(28)14-19)25(32)17-31(20-8-7-9-21(15-20)36-3)37(34,35)22-10-5-4-6-11-22/h4-15,18H,16-17H2,1-3H3,(H,29,33)/t18-/m1/s1. The molecule has 0 aromatic heterocycles. The van der Waals surface area contributed by atoms with Gasteiger partial charge in [-0.3, -0.25) is 13.9 Å². The summed E-state index contributed by atoms with van der Waals surface area (Å²) in [6, 6.07) is 18.2. The Bertz CT molecular complexity index is 1370. The number of likely N-dealkylation sites (N-methyl/N-ethyl adjacent to an activating group) is 1. The highest BCUT2D eigenvalue weighted by atomic mass is 35.5. The molecule has 0 radical (unpaired) electrons. The fraction of sp³-hybridized carbons (Fsp3) is 0.231. The van der Waals surface area contributed by atoms with E-state index in [1.54, 1.807) is 61.5 Å². The number of nitrogens with zero attached hydrogens (tertiary/aromatic N) is 2. The van der Waals surface area contributed by atoms with Gasteiger partial charge in [0.1, 0.15) is 18.3 Å². The lowest BCUT2D eigenvalue weighted by molar-refractivity contribution is -0.139. The summed E-state index contributed by atoms with van der Waals surface area (Å²) in [5, 5.41) is 3.18. The van der Waals surface area contributed by atoms with Crippen LogP contribution < -0.4 is 14.4 Å². The largest absolute Gasteiger partial charge is 0.497 e. The molecule has 0 saturated carbocycles. The van der Waals surface area contributed by atoms with Crippen LogP contribution in [0.2, 0.25) is 10.0 Å². The molecule has 8 nitrogen and oxygen atoms in total. The molecule has 0 aliphatic rings. The number of hydrogen-bond donors (Lipinski definition) is 1. The third-order valence-corrected chi connectivity index (χ3v) is 8.23. The van der Waals surface area contributed by atoms with E-state index in [2.05, 4.69) is 5.32 Å². The van der Waals surface area contributed by atoms with Crippen molar-refractivity contribution in [3.63, 3.8) is 0 Å². The summed E-state index contributed by atoms with van der Waals surface area (Å²) >= 11 is 12.2. The van der Waals surface area contributed by atoms with Crippen molar-refractivity contribution < 1.29 is 22.7 Å². The van der Waals surface area contributed by atoms with E-state index in [9.17, 15) is 18.0 Å². The van der Waals surface area contributed by atoms with Crippen LogP contribution >= 0.6 is 23.2 Å². The van der Waals surface area contributed by atoms with E-state index in [1.165, 1.54) is 37.3 Å². The number of ether oxygens (including phenoxy) is 1. The summed E-state index contributed by atoms with van der Waals surface area (Å²) in [6.07, 6.45) is 0. The van der Waals surface area contributed by atoms with Gasteiger partial charge in [0.05, 0.1) is 27.7 Å². The second-order valence-electron chi connectivity index (χ2n) is 8.09. The monoisotopic (exact) mass is 563 g/mol. The summed E-state index contributed by atoms with van der Waals surface area (Å²) in [7, 11) is -1.23. The molecule has 1 N–H and O–H groups in total. The number of halogens is 2. The van der Waals surface area contributed by atoms with Crippen LogP contribution in [0.4, 0.5) is 5.69 Å². The highest BCUT2D eigenvalue weighted by Crippen LogP contribution is 2.28. The Hall–Kier alpha value is -3.27. The van der Waals surface area contributed by atoms with Gasteiger partial charge in [0.25, 0.3) is 10.0 Å². The smallest absolute Gasteiger partial charge is 0.264 e. The second kappa shape index (κ2) is 12.3. The summed E-state index contributed by atoms with van der Waals surface area (Å²) in [6.45, 7) is 1.00. The molecule has 0 fully saturated rings. The molecule has 0 heterocycles. The Balaban J connectivity index is 2.04. The van der Waals surface area contributed by atoms with Gasteiger partial charge in [0, 0.05) is 19.7 Å². The topological polar surface area (TPSA) is 96.0 Å². The van der Waals surface area contributed by atoms with Crippen LogP contribution in [0.25, 0.3) is 0 Å². The molecular formula is C26H27Cl2N3O5S. The second-order valence-corrected chi connectivity index (χ2v) is 10.8. The lowest BCUT2D eigenvalue weighted by atomic mass is 10.1. The molecule has 37 heavy (non-hydrogen) atoms. The molecule has 3 aromatic carbocycles. The van der Waals surface area contributed by atoms with Gasteiger partial charge >= 0.3 is 0 Å². The van der Waals surface area contributed by atoms with Crippen molar-refractivity contribution in [2.24, 2.45) is 0 Å². The number of anilines is 1. The zero-order chi connectivity index (χ0) is 27.2. The number of carbonyl (C=O) groups excluding carboxylic acids is 2. The fourth-order valence-electron chi connectivity index (χ4n) is 3.64. The van der Waals surface area contributed by atoms with Crippen LogP contribution in [-0.2, 0) is 26.2 Å². The van der Waals surface area contributed by atoms with E-state index in [1.807, 2.05) is 0 Å². The zero-order valence-corrected chi connectivity index (χ0v) is 22.8. The zero-order valence-electron chi connectivity index (χ0n) is 20.5. The van der Waals surface area contributed by atoms with E-state index in [0.29, 0.717) is 21.4 Å². The molecular weight excluding hydrogens is 537 g/mol. The summed E-state index contributed by atoms with van der Waals surface area (Å²) in [5.74, 6) is -0.582. The number of methoxy groups -OCH3 is 1. The van der Waals surface area contributed by atoms with Gasteiger partial charge in [-0.2, -0.15) is 0 Å². The molecule has 2 amide bonds. The Morgan fingerprint density at radius 2 is 1.68 bits per heavy atom. The number of amides is 2. The molecule has 3 rings (SSSR count). The molecule has 1 atom stereocenters. The SMILES string of the molecule is CNC(=O)[C@@H](C)N(Cc1ccc(Cl)c(Cl)c1)C(=O)CN(c1cccc(OC)c1)S(=O)(=O)c1ccccc1. The van der Waals surface area contributed by atoms with Crippen molar-refractivity contribution in [3.05, 3.63) is 88.4 Å². The van der Waals surface area contributed by atoms with E-state index in [0.717, 1.165) is 4.31 Å². The number of rotatable bonds is 10. The van der Waals surface area contributed by atoms with Gasteiger partial charge in [-0.15, -0.1) is 0 Å². The highest BCUT2D eigenvalue weighted by molar-refractivity contribution is 7.92. The molecule has 196 valence electrons. The minimum atomic E-state index is -4.15. The normalized spacial score (nSPS) is 11.9. The highest BCUT2D eigenvalue weighted by Gasteiger charge is 2.32. The van der Waals surface area contributed by atoms with Crippen LogP contribution in [0.1, 0.15) is 12.5 Å². The number of nitrogens with one attached hydrogen (secondary N) is 1. The molecule has 0 spiro atoms. The van der Waals surface area contributed by atoms with Crippen molar-refractivity contribution in [2.75, 3.05) is 25.0 Å². The predicted octanol–water partition coefficient (Wildman–Crippen LogP) is 4.36. The molecule has 0 saturated heterocycles. The number of carbonyl (C=O) groups is 2. The molecule has 0 bridgehead atoms. The first-order valence-corrected chi connectivity index (χ1v) is 13.4. The van der Waals surface area contributed by atoms with Crippen molar-refractivity contribution in [2.45, 2.75) is 24.4 Å². The minimum absolute atomic E-state index is 0.00163. The van der Waals surface area contributed by atoms with Gasteiger partial charge in [-0.05, 0) is 48.9 Å². The third-order valence-electron chi connectivity index (χ3n) is 5.70. The van der Waals surface area contributed by atoms with Gasteiger partial charge in [0.2, 0.25) is 11.8 Å². The van der Waals surface area contributed by atoms with Crippen LogP contribution in [0.15, 0.2) is 77.7 Å². The van der Waals surface area contributed by atoms with E-state index in [4.69, 9.17) is 27.9 Å². The Morgan fingerprint density at radius 1 is 0.973 bits per heavy atom. The maximum Gasteiger partial charge on any atom is 0.264 e. The van der Waals surface area contributed by atoms with Gasteiger partial charge in [-0.1, -0.05) is 53.5 Å². The first-order valence-electron chi connectivity index (χ1n) is 11.2. The maximum absolute atomic E-state index is 13.7. The molecule has 0 unspecified atom stereocenters. The predicted molar refractivity (Wildman–Crippen MR) is 145 cm³/mol. The Kier molecular flexibility index (Phi) is 9.42. The lowest BCUT2D eigenvalue weighted by Gasteiger charge is -2.32. The third kappa shape index (κ3) is 6.74. The van der Waals surface area contributed by atoms with Crippen LogP contribution in [-0.4, -0.2) is 51.9 Å². The van der Waals surface area contributed by atoms with Crippen molar-refractivity contribution in [1.82, 2.24) is 10.2 Å². The van der Waals surface area contributed by atoms with Gasteiger partial charge in [0.15, 0.2) is 0 Å². The molecule has 0 aliphatic heterocycles. The average molecular weight is 564 g/mol. The lowest BCUT2D eigenvalue weighted by Crippen LogP contribution is -2.50. The van der Waals surface area contributed by atoms with Crippen molar-refractivity contribution in [1.29, 1.82) is 0 Å². The molecule has 11 heteroatoms. The Labute approximate surface area is 226 Å². The number of hydrogen-bond acceptors (Lipinski definition) is 5. The van der Waals surface area contributed by atoms with Crippen molar-refractivity contribution >= 4 is 50.7 Å². The minimum Gasteiger partial charge on any atom is -0.497 e. The Morgan fingerprint density at radius 3 is 2.30 bits per heavy atom. The fourth-order valence-corrected chi connectivity index (χ4v) is 5.39. The first kappa shape index (κ1) is 28.3. The van der Waals surface area contributed by atoms with Gasteiger partial charge < -0.3 is 15.0 Å².